The number of carbonyl (C=O) groups excluding carboxylic acids is 2. The van der Waals surface area contributed by atoms with E-state index in [9.17, 15) is 14.4 Å². The number of aromatic carboxylic acids is 1. The summed E-state index contributed by atoms with van der Waals surface area (Å²) in [6.07, 6.45) is 0.152. The van der Waals surface area contributed by atoms with E-state index in [0.717, 1.165) is 0 Å². The van der Waals surface area contributed by atoms with E-state index in [2.05, 4.69) is 10.3 Å². The number of imide groups is 1. The van der Waals surface area contributed by atoms with Gasteiger partial charge in [-0.2, -0.15) is 0 Å². The Morgan fingerprint density at radius 1 is 1.29 bits per heavy atom. The maximum absolute atomic E-state index is 11.9. The lowest BCUT2D eigenvalue weighted by atomic mass is 10.1. The van der Waals surface area contributed by atoms with Crippen molar-refractivity contribution in [2.45, 2.75) is 6.42 Å². The minimum absolute atomic E-state index is 0.145. The van der Waals surface area contributed by atoms with Gasteiger partial charge in [0.15, 0.2) is 5.69 Å². The standard InChI is InChI=1S/C14H11N3O4/c18-11-5-6-17(14(21)16-11)12-9-4-2-1-3-8(9)7-10(15-12)13(19)20/h1-4,7H,5-6H2,(H,19,20)(H,16,18,21). The summed E-state index contributed by atoms with van der Waals surface area (Å²) in [5, 5.41) is 12.7. The first-order chi connectivity index (χ1) is 10.1. The Labute approximate surface area is 119 Å². The van der Waals surface area contributed by atoms with E-state index in [4.69, 9.17) is 5.11 Å². The third kappa shape index (κ3) is 2.29. The SMILES string of the molecule is O=C1CCN(c2nc(C(=O)O)cc3ccccc23)C(=O)N1. The predicted molar refractivity (Wildman–Crippen MR) is 74.2 cm³/mol. The first-order valence-electron chi connectivity index (χ1n) is 6.30. The molecule has 1 aliphatic rings. The topological polar surface area (TPSA) is 99.6 Å². The number of carbonyl (C=O) groups is 3. The minimum atomic E-state index is -1.17. The van der Waals surface area contributed by atoms with E-state index < -0.39 is 12.0 Å². The highest BCUT2D eigenvalue weighted by molar-refractivity contribution is 6.09. The van der Waals surface area contributed by atoms with Crippen LogP contribution in [-0.4, -0.2) is 34.5 Å². The second kappa shape index (κ2) is 4.86. The van der Waals surface area contributed by atoms with E-state index in [0.29, 0.717) is 10.8 Å². The highest BCUT2D eigenvalue weighted by atomic mass is 16.4. The van der Waals surface area contributed by atoms with Crippen molar-refractivity contribution in [1.29, 1.82) is 0 Å². The van der Waals surface area contributed by atoms with Crippen LogP contribution >= 0.6 is 0 Å². The molecule has 106 valence electrons. The smallest absolute Gasteiger partial charge is 0.354 e. The number of carboxylic acids is 1. The van der Waals surface area contributed by atoms with Crippen LogP contribution in [0.25, 0.3) is 10.8 Å². The molecular weight excluding hydrogens is 274 g/mol. The van der Waals surface area contributed by atoms with Crippen LogP contribution in [0.1, 0.15) is 16.9 Å². The lowest BCUT2D eigenvalue weighted by Gasteiger charge is -2.26. The van der Waals surface area contributed by atoms with Crippen LogP contribution in [0.3, 0.4) is 0 Å². The maximum Gasteiger partial charge on any atom is 0.354 e. The molecule has 1 aromatic carbocycles. The van der Waals surface area contributed by atoms with E-state index in [1.54, 1.807) is 24.3 Å². The number of urea groups is 1. The van der Waals surface area contributed by atoms with Crippen molar-refractivity contribution in [3.8, 4) is 0 Å². The van der Waals surface area contributed by atoms with Crippen molar-refractivity contribution in [2.75, 3.05) is 11.4 Å². The summed E-state index contributed by atoms with van der Waals surface area (Å²) in [6, 6.07) is 7.92. The Bertz CT molecular complexity index is 772. The van der Waals surface area contributed by atoms with Gasteiger partial charge in [0.2, 0.25) is 5.91 Å². The summed E-state index contributed by atoms with van der Waals surface area (Å²) in [5.74, 6) is -1.28. The summed E-state index contributed by atoms with van der Waals surface area (Å²) in [7, 11) is 0. The van der Waals surface area contributed by atoms with Crippen LogP contribution in [0, 0.1) is 0 Å². The van der Waals surface area contributed by atoms with Gasteiger partial charge in [0.05, 0.1) is 0 Å². The molecular formula is C14H11N3O4. The van der Waals surface area contributed by atoms with Gasteiger partial charge >= 0.3 is 12.0 Å². The third-order valence-corrected chi connectivity index (χ3v) is 3.25. The zero-order valence-corrected chi connectivity index (χ0v) is 10.9. The van der Waals surface area contributed by atoms with Crippen LogP contribution in [0.2, 0.25) is 0 Å². The number of carboxylic acid groups (broad SMARTS) is 1. The first kappa shape index (κ1) is 13.0. The summed E-state index contributed by atoms with van der Waals surface area (Å²) in [4.78, 5) is 39.7. The Morgan fingerprint density at radius 2 is 2.05 bits per heavy atom. The number of hydrogen-bond donors (Lipinski definition) is 2. The fourth-order valence-electron chi connectivity index (χ4n) is 2.26. The molecule has 0 unspecified atom stereocenters. The van der Waals surface area contributed by atoms with Gasteiger partial charge in [-0.1, -0.05) is 24.3 Å². The summed E-state index contributed by atoms with van der Waals surface area (Å²) >= 11 is 0. The van der Waals surface area contributed by atoms with Gasteiger partial charge in [-0.3, -0.25) is 15.0 Å². The average Bonchev–Trinajstić information content (AvgIpc) is 2.46. The minimum Gasteiger partial charge on any atom is -0.477 e. The number of pyridine rings is 1. The number of fused-ring (bicyclic) bond motifs is 1. The van der Waals surface area contributed by atoms with Crippen LogP contribution in [0.5, 0.6) is 0 Å². The molecule has 0 atom stereocenters. The second-order valence-electron chi connectivity index (χ2n) is 4.61. The lowest BCUT2D eigenvalue weighted by molar-refractivity contribution is -0.120. The number of hydrogen-bond acceptors (Lipinski definition) is 4. The largest absolute Gasteiger partial charge is 0.477 e. The summed E-state index contributed by atoms with van der Waals surface area (Å²) < 4.78 is 0. The molecule has 1 aromatic heterocycles. The van der Waals surface area contributed by atoms with Gasteiger partial charge in [0, 0.05) is 18.4 Å². The molecule has 2 aromatic rings. The summed E-state index contributed by atoms with van der Waals surface area (Å²) in [5.41, 5.74) is -0.145. The molecule has 0 bridgehead atoms. The van der Waals surface area contributed by atoms with Gasteiger partial charge in [-0.25, -0.2) is 14.6 Å². The normalized spacial score (nSPS) is 15.1. The van der Waals surface area contributed by atoms with Crippen LogP contribution in [0.15, 0.2) is 30.3 Å². The molecule has 3 rings (SSSR count). The molecule has 21 heavy (non-hydrogen) atoms. The number of amides is 3. The van der Waals surface area contributed by atoms with Crippen LogP contribution in [-0.2, 0) is 4.79 Å². The van der Waals surface area contributed by atoms with E-state index in [1.165, 1.54) is 11.0 Å². The van der Waals surface area contributed by atoms with Gasteiger partial charge in [-0.15, -0.1) is 0 Å². The van der Waals surface area contributed by atoms with Gasteiger partial charge in [0.25, 0.3) is 0 Å². The van der Waals surface area contributed by atoms with Crippen molar-refractivity contribution >= 4 is 34.5 Å². The number of nitrogens with zero attached hydrogens (tertiary/aromatic N) is 2. The van der Waals surface area contributed by atoms with Crippen LogP contribution < -0.4 is 10.2 Å². The fourth-order valence-corrected chi connectivity index (χ4v) is 2.26. The fraction of sp³-hybridized carbons (Fsp3) is 0.143. The molecule has 1 saturated heterocycles. The second-order valence-corrected chi connectivity index (χ2v) is 4.61. The van der Waals surface area contributed by atoms with Crippen molar-refractivity contribution in [3.05, 3.63) is 36.0 Å². The molecule has 0 aliphatic carbocycles. The average molecular weight is 285 g/mol. The van der Waals surface area contributed by atoms with Crippen molar-refractivity contribution in [3.63, 3.8) is 0 Å². The third-order valence-electron chi connectivity index (χ3n) is 3.25. The highest BCUT2D eigenvalue weighted by Crippen LogP contribution is 2.27. The van der Waals surface area contributed by atoms with E-state index in [1.807, 2.05) is 0 Å². The number of rotatable bonds is 2. The molecule has 0 spiro atoms. The quantitative estimate of drug-likeness (QED) is 0.868. The number of aromatic nitrogens is 1. The summed E-state index contributed by atoms with van der Waals surface area (Å²) in [6.45, 7) is 0.171. The molecule has 1 aliphatic heterocycles. The van der Waals surface area contributed by atoms with Gasteiger partial charge in [0.1, 0.15) is 5.82 Å². The molecule has 7 heteroatoms. The van der Waals surface area contributed by atoms with Gasteiger partial charge < -0.3 is 5.11 Å². The van der Waals surface area contributed by atoms with E-state index >= 15 is 0 Å². The zero-order chi connectivity index (χ0) is 15.0. The molecule has 1 fully saturated rings. The maximum atomic E-state index is 11.9. The molecule has 0 saturated carbocycles. The molecule has 7 nitrogen and oxygen atoms in total. The Kier molecular flexibility index (Phi) is 3.02. The van der Waals surface area contributed by atoms with Crippen molar-refractivity contribution in [2.24, 2.45) is 0 Å². The molecule has 3 amide bonds. The van der Waals surface area contributed by atoms with E-state index in [-0.39, 0.29) is 30.4 Å². The Morgan fingerprint density at radius 3 is 2.76 bits per heavy atom. The zero-order valence-electron chi connectivity index (χ0n) is 10.9. The first-order valence-corrected chi connectivity index (χ1v) is 6.30. The van der Waals surface area contributed by atoms with Crippen LogP contribution in [0.4, 0.5) is 10.6 Å². The molecule has 0 radical (unpaired) electrons. The monoisotopic (exact) mass is 285 g/mol. The number of nitrogens with one attached hydrogen (secondary N) is 1. The molecule has 2 N–H and O–H groups in total. The predicted octanol–water partition coefficient (Wildman–Crippen LogP) is 1.38. The lowest BCUT2D eigenvalue weighted by Crippen LogP contribution is -2.50. The Balaban J connectivity index is 2.18. The van der Waals surface area contributed by atoms with Crippen molar-refractivity contribution < 1.29 is 19.5 Å². The Hall–Kier alpha value is -2.96. The number of benzene rings is 1. The van der Waals surface area contributed by atoms with Gasteiger partial charge in [-0.05, 0) is 11.5 Å². The molecule has 2 heterocycles. The van der Waals surface area contributed by atoms with Crippen molar-refractivity contribution in [1.82, 2.24) is 10.3 Å². The highest BCUT2D eigenvalue weighted by Gasteiger charge is 2.27. The number of anilines is 1.